The number of hydrogen-bond donors (Lipinski definition) is 0. The largest absolute Gasteiger partial charge is 0.508 e. The van der Waals surface area contributed by atoms with Crippen LogP contribution < -0.4 is 0 Å². The average Bonchev–Trinajstić information content (AvgIpc) is 2.79. The predicted molar refractivity (Wildman–Crippen MR) is 124 cm³/mol. The van der Waals surface area contributed by atoms with Crippen LogP contribution in [0.25, 0.3) is 0 Å². The molecule has 0 aliphatic rings. The average molecular weight is 411 g/mol. The fraction of sp³-hybridized carbons (Fsp3) is 0.519. The zero-order valence-electron chi connectivity index (χ0n) is 18.7. The van der Waals surface area contributed by atoms with Crippen molar-refractivity contribution in [3.8, 4) is 0 Å². The maximum atomic E-state index is 12.1. The minimum Gasteiger partial charge on any atom is -0.434 e. The maximum absolute atomic E-state index is 12.1. The van der Waals surface area contributed by atoms with Gasteiger partial charge in [0.1, 0.15) is 0 Å². The number of hydrogen-bond acceptors (Lipinski definition) is 3. The van der Waals surface area contributed by atoms with Crippen LogP contribution in [0, 0.1) is 0 Å². The molecule has 3 nitrogen and oxygen atoms in total. The summed E-state index contributed by atoms with van der Waals surface area (Å²) in [4.78, 5) is 12.1. The number of benzene rings is 2. The van der Waals surface area contributed by atoms with Gasteiger partial charge < -0.3 is 9.47 Å². The molecular formula is C27H38O3. The second-order valence-corrected chi connectivity index (χ2v) is 8.02. The van der Waals surface area contributed by atoms with Gasteiger partial charge >= 0.3 is 6.16 Å². The van der Waals surface area contributed by atoms with Crippen LogP contribution in [0.2, 0.25) is 0 Å². The molecule has 0 saturated carbocycles. The molecule has 0 aliphatic carbocycles. The van der Waals surface area contributed by atoms with E-state index in [1.54, 1.807) is 0 Å². The maximum Gasteiger partial charge on any atom is 0.508 e. The van der Waals surface area contributed by atoms with Crippen LogP contribution in [0.3, 0.4) is 0 Å². The van der Waals surface area contributed by atoms with E-state index < -0.39 is 6.16 Å². The highest BCUT2D eigenvalue weighted by atomic mass is 16.7. The van der Waals surface area contributed by atoms with Crippen molar-refractivity contribution in [1.82, 2.24) is 0 Å². The van der Waals surface area contributed by atoms with E-state index in [-0.39, 0.29) is 0 Å². The van der Waals surface area contributed by atoms with Gasteiger partial charge in [0, 0.05) is 0 Å². The topological polar surface area (TPSA) is 35.5 Å². The molecule has 0 heterocycles. The van der Waals surface area contributed by atoms with Crippen LogP contribution >= 0.6 is 0 Å². The lowest BCUT2D eigenvalue weighted by Gasteiger charge is -2.18. The first-order valence-corrected chi connectivity index (χ1v) is 11.6. The Morgan fingerprint density at radius 3 is 1.43 bits per heavy atom. The minimum atomic E-state index is -0.542. The molecule has 0 saturated heterocycles. The van der Waals surface area contributed by atoms with Crippen molar-refractivity contribution in [3.63, 3.8) is 0 Å². The van der Waals surface area contributed by atoms with Gasteiger partial charge in [-0.1, -0.05) is 100 Å². The SMILES string of the molecule is CCCCC(CCOC(=O)OCCC(CCCC)c1ccccc1)c1ccccc1. The van der Waals surface area contributed by atoms with Crippen LogP contribution in [-0.2, 0) is 9.47 Å². The standard InChI is InChI=1S/C27H38O3/c1-3-5-13-25(23-15-9-7-10-16-23)19-21-29-27(28)30-22-20-26(14-6-4-2)24-17-11-8-12-18-24/h7-12,15-18,25-26H,3-6,13-14,19-22H2,1-2H3. The first-order chi connectivity index (χ1) is 14.7. The molecule has 0 bridgehead atoms. The molecule has 30 heavy (non-hydrogen) atoms. The highest BCUT2D eigenvalue weighted by molar-refractivity contribution is 5.59. The fourth-order valence-electron chi connectivity index (χ4n) is 3.92. The van der Waals surface area contributed by atoms with Crippen LogP contribution in [0.1, 0.15) is 88.2 Å². The van der Waals surface area contributed by atoms with Crippen molar-refractivity contribution in [3.05, 3.63) is 71.8 Å². The summed E-state index contributed by atoms with van der Waals surface area (Å²) >= 11 is 0. The Labute approximate surface area is 182 Å². The number of rotatable bonds is 14. The third-order valence-corrected chi connectivity index (χ3v) is 5.73. The summed E-state index contributed by atoms with van der Waals surface area (Å²) < 4.78 is 10.8. The van der Waals surface area contributed by atoms with Crippen molar-refractivity contribution in [2.45, 2.75) is 77.0 Å². The summed E-state index contributed by atoms with van der Waals surface area (Å²) in [5, 5.41) is 0. The highest BCUT2D eigenvalue weighted by Crippen LogP contribution is 2.27. The molecule has 0 radical (unpaired) electrons. The molecular weight excluding hydrogens is 372 g/mol. The summed E-state index contributed by atoms with van der Waals surface area (Å²) in [7, 11) is 0. The Balaban J connectivity index is 1.73. The van der Waals surface area contributed by atoms with Gasteiger partial charge in [0.25, 0.3) is 0 Å². The predicted octanol–water partition coefficient (Wildman–Crippen LogP) is 7.87. The Bertz CT molecular complexity index is 624. The highest BCUT2D eigenvalue weighted by Gasteiger charge is 2.15. The van der Waals surface area contributed by atoms with Crippen LogP contribution in [-0.4, -0.2) is 19.4 Å². The van der Waals surface area contributed by atoms with Crippen LogP contribution in [0.4, 0.5) is 4.79 Å². The molecule has 2 aromatic carbocycles. The molecule has 164 valence electrons. The zero-order valence-corrected chi connectivity index (χ0v) is 18.7. The molecule has 2 unspecified atom stereocenters. The van der Waals surface area contributed by atoms with Crippen molar-refractivity contribution in [2.24, 2.45) is 0 Å². The molecule has 2 rings (SSSR count). The van der Waals surface area contributed by atoms with Gasteiger partial charge in [-0.15, -0.1) is 0 Å². The molecule has 2 aromatic rings. The monoisotopic (exact) mass is 410 g/mol. The van der Waals surface area contributed by atoms with Gasteiger partial charge in [0.05, 0.1) is 13.2 Å². The third-order valence-electron chi connectivity index (χ3n) is 5.73. The van der Waals surface area contributed by atoms with Crippen molar-refractivity contribution >= 4 is 6.16 Å². The minimum absolute atomic E-state index is 0.403. The normalized spacial score (nSPS) is 12.9. The van der Waals surface area contributed by atoms with Gasteiger partial charge in [-0.25, -0.2) is 4.79 Å². The summed E-state index contributed by atoms with van der Waals surface area (Å²) in [5.41, 5.74) is 2.65. The molecule has 0 N–H and O–H groups in total. The van der Waals surface area contributed by atoms with E-state index in [1.165, 1.54) is 36.8 Å². The lowest BCUT2D eigenvalue weighted by molar-refractivity contribution is 0.0508. The molecule has 0 aromatic heterocycles. The van der Waals surface area contributed by atoms with E-state index in [1.807, 2.05) is 12.1 Å². The van der Waals surface area contributed by atoms with Gasteiger partial charge in [-0.2, -0.15) is 0 Å². The molecule has 0 spiro atoms. The first-order valence-electron chi connectivity index (χ1n) is 11.6. The van der Waals surface area contributed by atoms with E-state index in [2.05, 4.69) is 62.4 Å². The summed E-state index contributed by atoms with van der Waals surface area (Å²) in [5.74, 6) is 0.853. The summed E-state index contributed by atoms with van der Waals surface area (Å²) in [6.07, 6.45) is 8.08. The second kappa shape index (κ2) is 14.7. The number of carbonyl (C=O) groups is 1. The Kier molecular flexibility index (Phi) is 11.7. The Hall–Kier alpha value is -2.29. The molecule has 3 heteroatoms. The lowest BCUT2D eigenvalue weighted by atomic mass is 9.91. The van der Waals surface area contributed by atoms with E-state index in [0.29, 0.717) is 25.0 Å². The first kappa shape index (κ1) is 24.0. The van der Waals surface area contributed by atoms with Crippen molar-refractivity contribution < 1.29 is 14.3 Å². The van der Waals surface area contributed by atoms with Gasteiger partial charge in [0.2, 0.25) is 0 Å². The number of ether oxygens (including phenoxy) is 2. The van der Waals surface area contributed by atoms with Crippen LogP contribution in [0.5, 0.6) is 0 Å². The molecule has 2 atom stereocenters. The number of unbranched alkanes of at least 4 members (excludes halogenated alkanes) is 2. The quantitative estimate of drug-likeness (QED) is 0.297. The zero-order chi connectivity index (χ0) is 21.4. The fourth-order valence-corrected chi connectivity index (χ4v) is 3.92. The van der Waals surface area contributed by atoms with E-state index in [9.17, 15) is 4.79 Å². The van der Waals surface area contributed by atoms with Gasteiger partial charge in [-0.3, -0.25) is 0 Å². The number of carbonyl (C=O) groups excluding carboxylic acids is 1. The van der Waals surface area contributed by atoms with Crippen LogP contribution in [0.15, 0.2) is 60.7 Å². The van der Waals surface area contributed by atoms with E-state index in [4.69, 9.17) is 9.47 Å². The third kappa shape index (κ3) is 9.02. The van der Waals surface area contributed by atoms with Crippen molar-refractivity contribution in [1.29, 1.82) is 0 Å². The van der Waals surface area contributed by atoms with Crippen molar-refractivity contribution in [2.75, 3.05) is 13.2 Å². The van der Waals surface area contributed by atoms with Gasteiger partial charge in [-0.05, 0) is 48.6 Å². The lowest BCUT2D eigenvalue weighted by Crippen LogP contribution is -2.13. The smallest absolute Gasteiger partial charge is 0.434 e. The second-order valence-electron chi connectivity index (χ2n) is 8.02. The molecule has 0 amide bonds. The van der Waals surface area contributed by atoms with E-state index >= 15 is 0 Å². The summed E-state index contributed by atoms with van der Waals surface area (Å²) in [6, 6.07) is 21.0. The van der Waals surface area contributed by atoms with E-state index in [0.717, 1.165) is 25.7 Å². The molecule has 0 fully saturated rings. The summed E-state index contributed by atoms with van der Waals surface area (Å²) in [6.45, 7) is 5.22. The Morgan fingerprint density at radius 2 is 1.07 bits per heavy atom. The Morgan fingerprint density at radius 1 is 0.667 bits per heavy atom. The van der Waals surface area contributed by atoms with Gasteiger partial charge in [0.15, 0.2) is 0 Å². The molecule has 0 aliphatic heterocycles.